The highest BCUT2D eigenvalue weighted by Gasteiger charge is 2.28. The van der Waals surface area contributed by atoms with Gasteiger partial charge in [-0.3, -0.25) is 14.9 Å². The smallest absolute Gasteiger partial charge is 0.270 e. The maximum atomic E-state index is 13.6. The molecule has 8 nitrogen and oxygen atoms in total. The molecular weight excluding hydrogens is 406 g/mol. The Hall–Kier alpha value is -3.65. The molecular formula is C24H25N5O3. The quantitative estimate of drug-likeness (QED) is 0.452. The second kappa shape index (κ2) is 9.23. The highest BCUT2D eigenvalue weighted by molar-refractivity contribution is 6.01. The summed E-state index contributed by atoms with van der Waals surface area (Å²) in [6.07, 6.45) is 0.541. The highest BCUT2D eigenvalue weighted by atomic mass is 16.6. The predicted octanol–water partition coefficient (Wildman–Crippen LogP) is 3.67. The van der Waals surface area contributed by atoms with E-state index >= 15 is 0 Å². The maximum absolute atomic E-state index is 13.6. The molecule has 1 amide bonds. The van der Waals surface area contributed by atoms with Crippen molar-refractivity contribution in [1.29, 1.82) is 0 Å². The van der Waals surface area contributed by atoms with E-state index in [2.05, 4.69) is 4.90 Å². The summed E-state index contributed by atoms with van der Waals surface area (Å²) in [5.41, 5.74) is 2.82. The van der Waals surface area contributed by atoms with Crippen molar-refractivity contribution in [1.82, 2.24) is 19.8 Å². The molecule has 0 bridgehead atoms. The van der Waals surface area contributed by atoms with E-state index in [1.165, 1.54) is 12.1 Å². The van der Waals surface area contributed by atoms with Crippen molar-refractivity contribution in [3.63, 3.8) is 0 Å². The van der Waals surface area contributed by atoms with Gasteiger partial charge < -0.3 is 9.80 Å². The van der Waals surface area contributed by atoms with Crippen LogP contribution in [0, 0.1) is 10.1 Å². The first kappa shape index (κ1) is 21.6. The lowest BCUT2D eigenvalue weighted by atomic mass is 10.00. The van der Waals surface area contributed by atoms with Crippen LogP contribution in [0.2, 0.25) is 0 Å². The van der Waals surface area contributed by atoms with Crippen LogP contribution < -0.4 is 0 Å². The van der Waals surface area contributed by atoms with Crippen molar-refractivity contribution in [2.75, 3.05) is 33.2 Å². The normalized spacial score (nSPS) is 14.4. The van der Waals surface area contributed by atoms with Gasteiger partial charge in [-0.15, -0.1) is 0 Å². The van der Waals surface area contributed by atoms with Gasteiger partial charge >= 0.3 is 0 Å². The number of aromatic nitrogens is 2. The Morgan fingerprint density at radius 3 is 2.34 bits per heavy atom. The zero-order chi connectivity index (χ0) is 22.7. The van der Waals surface area contributed by atoms with E-state index < -0.39 is 4.92 Å². The van der Waals surface area contributed by atoms with Gasteiger partial charge in [0.1, 0.15) is 0 Å². The summed E-state index contributed by atoms with van der Waals surface area (Å²) >= 11 is 0. The van der Waals surface area contributed by atoms with Crippen LogP contribution in [0.15, 0.2) is 54.6 Å². The molecule has 0 N–H and O–H groups in total. The van der Waals surface area contributed by atoms with Gasteiger partial charge in [-0.1, -0.05) is 49.4 Å². The fraction of sp³-hybridized carbons (Fsp3) is 0.292. The van der Waals surface area contributed by atoms with Gasteiger partial charge in [0, 0.05) is 49.4 Å². The minimum absolute atomic E-state index is 0.0431. The summed E-state index contributed by atoms with van der Waals surface area (Å²) in [5.74, 6) is 0.370. The van der Waals surface area contributed by atoms with Gasteiger partial charge in [0.15, 0.2) is 5.82 Å². The van der Waals surface area contributed by atoms with E-state index in [-0.39, 0.29) is 11.6 Å². The van der Waals surface area contributed by atoms with Crippen LogP contribution in [-0.4, -0.2) is 63.8 Å². The number of likely N-dealkylation sites (N-methyl/N-ethyl adjacent to an activating group) is 1. The largest absolute Gasteiger partial charge is 0.336 e. The van der Waals surface area contributed by atoms with Crippen molar-refractivity contribution in [2.45, 2.75) is 13.3 Å². The molecule has 0 aliphatic carbocycles. The number of aryl methyl sites for hydroxylation is 1. The lowest BCUT2D eigenvalue weighted by molar-refractivity contribution is -0.384. The van der Waals surface area contributed by atoms with E-state index in [0.29, 0.717) is 47.8 Å². The molecule has 1 aromatic heterocycles. The summed E-state index contributed by atoms with van der Waals surface area (Å²) in [5, 5.41) is 11.4. The molecule has 0 atom stereocenters. The number of amides is 1. The second-order valence-electron chi connectivity index (χ2n) is 7.84. The number of carbonyl (C=O) groups is 1. The Balaban J connectivity index is 1.90. The van der Waals surface area contributed by atoms with E-state index in [9.17, 15) is 14.9 Å². The molecule has 1 aliphatic rings. The van der Waals surface area contributed by atoms with Gasteiger partial charge in [-0.05, 0) is 13.5 Å². The molecule has 3 aromatic rings. The molecule has 2 heterocycles. The minimum Gasteiger partial charge on any atom is -0.336 e. The number of hydrogen-bond donors (Lipinski definition) is 0. The Morgan fingerprint density at radius 1 is 1.00 bits per heavy atom. The second-order valence-corrected chi connectivity index (χ2v) is 7.84. The zero-order valence-corrected chi connectivity index (χ0v) is 18.2. The predicted molar refractivity (Wildman–Crippen MR) is 122 cm³/mol. The average molecular weight is 431 g/mol. The lowest BCUT2D eigenvalue weighted by Crippen LogP contribution is -2.47. The number of non-ortho nitro benzene ring substituents is 1. The van der Waals surface area contributed by atoms with E-state index in [1.54, 1.807) is 12.1 Å². The van der Waals surface area contributed by atoms with Crippen molar-refractivity contribution >= 4 is 11.6 Å². The zero-order valence-electron chi connectivity index (χ0n) is 18.2. The van der Waals surface area contributed by atoms with E-state index in [4.69, 9.17) is 9.97 Å². The number of rotatable bonds is 5. The monoisotopic (exact) mass is 431 g/mol. The van der Waals surface area contributed by atoms with E-state index in [0.717, 1.165) is 18.7 Å². The summed E-state index contributed by atoms with van der Waals surface area (Å²) in [4.78, 5) is 38.1. The van der Waals surface area contributed by atoms with Gasteiger partial charge in [-0.25, -0.2) is 9.97 Å². The Morgan fingerprint density at radius 2 is 1.69 bits per heavy atom. The van der Waals surface area contributed by atoms with Gasteiger partial charge in [0.25, 0.3) is 11.6 Å². The van der Waals surface area contributed by atoms with Gasteiger partial charge in [0.2, 0.25) is 0 Å². The molecule has 2 aromatic carbocycles. The molecule has 0 unspecified atom stereocenters. The third-order valence-electron chi connectivity index (χ3n) is 5.69. The van der Waals surface area contributed by atoms with E-state index in [1.807, 2.05) is 49.2 Å². The number of piperazine rings is 1. The third kappa shape index (κ3) is 4.36. The summed E-state index contributed by atoms with van der Waals surface area (Å²) < 4.78 is 0. The first-order valence-electron chi connectivity index (χ1n) is 10.7. The lowest BCUT2D eigenvalue weighted by Gasteiger charge is -2.33. The van der Waals surface area contributed by atoms with Crippen molar-refractivity contribution in [3.8, 4) is 22.6 Å². The molecule has 1 saturated heterocycles. The highest BCUT2D eigenvalue weighted by Crippen LogP contribution is 2.31. The van der Waals surface area contributed by atoms with Crippen LogP contribution in [0.4, 0.5) is 5.69 Å². The Kier molecular flexibility index (Phi) is 6.23. The van der Waals surface area contributed by atoms with Crippen molar-refractivity contribution < 1.29 is 9.72 Å². The van der Waals surface area contributed by atoms with Crippen LogP contribution in [0.5, 0.6) is 0 Å². The first-order valence-corrected chi connectivity index (χ1v) is 10.7. The SMILES string of the molecule is CCc1nc(-c2ccccc2)nc(-c2cccc([N+](=O)[O-])c2)c1C(=O)N1CCN(C)CC1. The molecule has 1 aliphatic heterocycles. The van der Waals surface area contributed by atoms with Gasteiger partial charge in [-0.2, -0.15) is 0 Å². The molecule has 0 spiro atoms. The fourth-order valence-corrected chi connectivity index (χ4v) is 3.85. The standard InChI is InChI=1S/C24H25N5O3/c1-3-20-21(24(30)28-14-12-27(2)13-15-28)22(18-10-7-11-19(16-18)29(31)32)26-23(25-20)17-8-5-4-6-9-17/h4-11,16H,3,12-15H2,1-2H3. The molecule has 4 rings (SSSR count). The average Bonchev–Trinajstić information content (AvgIpc) is 2.83. The number of nitro groups is 1. The summed E-state index contributed by atoms with van der Waals surface area (Å²) in [6.45, 7) is 4.78. The molecule has 1 fully saturated rings. The fourth-order valence-electron chi connectivity index (χ4n) is 3.85. The van der Waals surface area contributed by atoms with Crippen LogP contribution in [0.3, 0.4) is 0 Å². The summed E-state index contributed by atoms with van der Waals surface area (Å²) in [7, 11) is 2.03. The van der Waals surface area contributed by atoms with Gasteiger partial charge in [0.05, 0.1) is 21.9 Å². The topological polar surface area (TPSA) is 92.5 Å². The number of nitrogens with zero attached hydrogens (tertiary/aromatic N) is 5. The number of carbonyl (C=O) groups excluding carboxylic acids is 1. The van der Waals surface area contributed by atoms with Crippen molar-refractivity contribution in [3.05, 3.63) is 76.0 Å². The molecule has 0 saturated carbocycles. The van der Waals surface area contributed by atoms with Crippen LogP contribution >= 0.6 is 0 Å². The maximum Gasteiger partial charge on any atom is 0.270 e. The number of nitro benzene ring substituents is 1. The number of benzene rings is 2. The third-order valence-corrected chi connectivity index (χ3v) is 5.69. The number of hydrogen-bond acceptors (Lipinski definition) is 6. The Labute approximate surface area is 186 Å². The van der Waals surface area contributed by atoms with Crippen LogP contribution in [0.25, 0.3) is 22.6 Å². The summed E-state index contributed by atoms with van der Waals surface area (Å²) in [6, 6.07) is 15.8. The van der Waals surface area contributed by atoms with Crippen LogP contribution in [-0.2, 0) is 6.42 Å². The first-order chi connectivity index (χ1) is 15.5. The Bertz CT molecular complexity index is 1140. The molecule has 0 radical (unpaired) electrons. The molecule has 32 heavy (non-hydrogen) atoms. The minimum atomic E-state index is -0.439. The van der Waals surface area contributed by atoms with Crippen molar-refractivity contribution in [2.24, 2.45) is 0 Å². The van der Waals surface area contributed by atoms with Crippen LogP contribution in [0.1, 0.15) is 23.0 Å². The molecule has 164 valence electrons. The molecule has 8 heteroatoms.